The lowest BCUT2D eigenvalue weighted by atomic mass is 10.2. The summed E-state index contributed by atoms with van der Waals surface area (Å²) in [7, 11) is 0. The molecule has 0 spiro atoms. The first-order valence-corrected chi connectivity index (χ1v) is 5.70. The average Bonchev–Trinajstić information content (AvgIpc) is 2.83. The lowest BCUT2D eigenvalue weighted by Crippen LogP contribution is -2.13. The van der Waals surface area contributed by atoms with Gasteiger partial charge in [0.1, 0.15) is 5.69 Å². The number of primary amides is 1. The van der Waals surface area contributed by atoms with E-state index in [9.17, 15) is 9.59 Å². The van der Waals surface area contributed by atoms with Crippen LogP contribution in [0, 0.1) is 0 Å². The maximum atomic E-state index is 11.6. The number of amides is 2. The minimum atomic E-state index is -0.498. The van der Waals surface area contributed by atoms with E-state index in [1.165, 1.54) is 11.3 Å². The highest BCUT2D eigenvalue weighted by atomic mass is 32.1. The van der Waals surface area contributed by atoms with Gasteiger partial charge < -0.3 is 11.1 Å². The van der Waals surface area contributed by atoms with Crippen LogP contribution in [-0.4, -0.2) is 16.8 Å². The second-order valence-corrected chi connectivity index (χ2v) is 3.99. The van der Waals surface area contributed by atoms with Crippen LogP contribution in [0.15, 0.2) is 35.2 Å². The number of carbonyl (C=O) groups excluding carboxylic acids is 2. The summed E-state index contributed by atoms with van der Waals surface area (Å²) in [5, 5.41) is 4.32. The first-order valence-electron chi connectivity index (χ1n) is 4.76. The molecule has 3 N–H and O–H groups in total. The minimum Gasteiger partial charge on any atom is -0.366 e. The summed E-state index contributed by atoms with van der Waals surface area (Å²) in [6.45, 7) is 0. The van der Waals surface area contributed by atoms with Gasteiger partial charge in [0, 0.05) is 16.6 Å². The van der Waals surface area contributed by atoms with Crippen molar-refractivity contribution in [1.29, 1.82) is 0 Å². The zero-order valence-corrected chi connectivity index (χ0v) is 9.53. The van der Waals surface area contributed by atoms with Crippen molar-refractivity contribution in [3.63, 3.8) is 0 Å². The minimum absolute atomic E-state index is 0.280. The van der Waals surface area contributed by atoms with Crippen molar-refractivity contribution in [2.24, 2.45) is 5.73 Å². The van der Waals surface area contributed by atoms with Crippen molar-refractivity contribution in [3.05, 3.63) is 46.4 Å². The van der Waals surface area contributed by atoms with Crippen LogP contribution in [-0.2, 0) is 0 Å². The number of benzene rings is 1. The van der Waals surface area contributed by atoms with Crippen molar-refractivity contribution in [2.75, 3.05) is 5.32 Å². The Morgan fingerprint density at radius 1 is 1.24 bits per heavy atom. The molecule has 1 aromatic heterocycles. The fourth-order valence-corrected chi connectivity index (χ4v) is 1.77. The molecular weight excluding hydrogens is 238 g/mol. The van der Waals surface area contributed by atoms with Crippen LogP contribution in [0.4, 0.5) is 5.69 Å². The van der Waals surface area contributed by atoms with E-state index in [0.29, 0.717) is 16.9 Å². The maximum absolute atomic E-state index is 11.6. The first-order chi connectivity index (χ1) is 8.16. The highest BCUT2D eigenvalue weighted by molar-refractivity contribution is 7.07. The number of rotatable bonds is 3. The third-order valence-corrected chi connectivity index (χ3v) is 2.68. The number of anilines is 1. The Balaban J connectivity index is 2.09. The molecule has 17 heavy (non-hydrogen) atoms. The fraction of sp³-hybridized carbons (Fsp3) is 0. The molecule has 2 rings (SSSR count). The maximum Gasteiger partial charge on any atom is 0.275 e. The van der Waals surface area contributed by atoms with Gasteiger partial charge in [0.05, 0.1) is 5.51 Å². The van der Waals surface area contributed by atoms with Crippen LogP contribution >= 0.6 is 11.3 Å². The van der Waals surface area contributed by atoms with Gasteiger partial charge in [-0.15, -0.1) is 11.3 Å². The predicted molar refractivity (Wildman–Crippen MR) is 65.0 cm³/mol. The van der Waals surface area contributed by atoms with Crippen LogP contribution in [0.1, 0.15) is 20.8 Å². The Bertz CT molecular complexity index is 534. The molecule has 0 bridgehead atoms. The van der Waals surface area contributed by atoms with E-state index in [1.807, 2.05) is 0 Å². The lowest BCUT2D eigenvalue weighted by molar-refractivity contribution is 0.0998. The van der Waals surface area contributed by atoms with Crippen LogP contribution in [0.2, 0.25) is 0 Å². The number of nitrogens with one attached hydrogen (secondary N) is 1. The number of hydrogen-bond acceptors (Lipinski definition) is 4. The van der Waals surface area contributed by atoms with E-state index >= 15 is 0 Å². The van der Waals surface area contributed by atoms with Gasteiger partial charge in [0.2, 0.25) is 5.91 Å². The van der Waals surface area contributed by atoms with Crippen LogP contribution in [0.3, 0.4) is 0 Å². The largest absolute Gasteiger partial charge is 0.366 e. The Hall–Kier alpha value is -2.21. The molecule has 0 aliphatic rings. The van der Waals surface area contributed by atoms with Gasteiger partial charge in [-0.25, -0.2) is 4.98 Å². The standard InChI is InChI=1S/C11H9N3O2S/c12-10(15)7-1-3-8(4-2-7)14-11(16)9-5-17-6-13-9/h1-6H,(H2,12,15)(H,14,16). The molecule has 0 fully saturated rings. The van der Waals surface area contributed by atoms with Gasteiger partial charge in [-0.2, -0.15) is 0 Å². The summed E-state index contributed by atoms with van der Waals surface area (Å²) >= 11 is 1.35. The monoisotopic (exact) mass is 247 g/mol. The van der Waals surface area contributed by atoms with Gasteiger partial charge in [-0.1, -0.05) is 0 Å². The van der Waals surface area contributed by atoms with E-state index in [-0.39, 0.29) is 5.91 Å². The van der Waals surface area contributed by atoms with Gasteiger partial charge in [0.25, 0.3) is 5.91 Å². The molecule has 0 unspecified atom stereocenters. The Morgan fingerprint density at radius 2 is 1.94 bits per heavy atom. The number of carbonyl (C=O) groups is 2. The highest BCUT2D eigenvalue weighted by Crippen LogP contribution is 2.11. The summed E-state index contributed by atoms with van der Waals surface area (Å²) in [6.07, 6.45) is 0. The van der Waals surface area contributed by atoms with Crippen molar-refractivity contribution >= 4 is 28.8 Å². The summed E-state index contributed by atoms with van der Waals surface area (Å²) in [5.74, 6) is -0.777. The number of nitrogens with zero attached hydrogens (tertiary/aromatic N) is 1. The Morgan fingerprint density at radius 3 is 2.47 bits per heavy atom. The zero-order valence-electron chi connectivity index (χ0n) is 8.71. The van der Waals surface area contributed by atoms with Crippen molar-refractivity contribution in [3.8, 4) is 0 Å². The smallest absolute Gasteiger partial charge is 0.275 e. The second-order valence-electron chi connectivity index (χ2n) is 3.27. The van der Waals surface area contributed by atoms with Crippen LogP contribution in [0.5, 0.6) is 0 Å². The quantitative estimate of drug-likeness (QED) is 0.861. The van der Waals surface area contributed by atoms with Crippen molar-refractivity contribution < 1.29 is 9.59 Å². The van der Waals surface area contributed by atoms with Gasteiger partial charge >= 0.3 is 0 Å². The number of thiazole rings is 1. The molecule has 0 radical (unpaired) electrons. The number of nitrogens with two attached hydrogens (primary N) is 1. The molecule has 1 aromatic carbocycles. The molecule has 86 valence electrons. The third kappa shape index (κ3) is 2.67. The molecule has 0 aliphatic heterocycles. The van der Waals surface area contributed by atoms with E-state index in [1.54, 1.807) is 35.2 Å². The first kappa shape index (κ1) is 11.3. The SMILES string of the molecule is NC(=O)c1ccc(NC(=O)c2cscn2)cc1. The summed E-state index contributed by atoms with van der Waals surface area (Å²) in [4.78, 5) is 26.4. The number of aromatic nitrogens is 1. The molecule has 2 aromatic rings. The lowest BCUT2D eigenvalue weighted by Gasteiger charge is -2.03. The Kier molecular flexibility index (Phi) is 3.15. The average molecular weight is 247 g/mol. The zero-order chi connectivity index (χ0) is 12.3. The number of hydrogen-bond donors (Lipinski definition) is 2. The van der Waals surface area contributed by atoms with Crippen molar-refractivity contribution in [1.82, 2.24) is 4.98 Å². The van der Waals surface area contributed by atoms with E-state index in [2.05, 4.69) is 10.3 Å². The normalized spacial score (nSPS) is 9.88. The molecular formula is C11H9N3O2S. The summed E-state index contributed by atoms with van der Waals surface area (Å²) in [5.41, 5.74) is 8.06. The topological polar surface area (TPSA) is 85.1 Å². The molecule has 6 heteroatoms. The molecule has 0 saturated heterocycles. The van der Waals surface area contributed by atoms with E-state index in [4.69, 9.17) is 5.73 Å². The molecule has 5 nitrogen and oxygen atoms in total. The molecule has 0 saturated carbocycles. The van der Waals surface area contributed by atoms with Gasteiger partial charge in [-0.05, 0) is 24.3 Å². The van der Waals surface area contributed by atoms with Crippen molar-refractivity contribution in [2.45, 2.75) is 0 Å². The Labute approximate surface area is 101 Å². The highest BCUT2D eigenvalue weighted by Gasteiger charge is 2.08. The molecule has 0 atom stereocenters. The van der Waals surface area contributed by atoms with Gasteiger partial charge in [-0.3, -0.25) is 9.59 Å². The fourth-order valence-electron chi connectivity index (χ4n) is 1.24. The summed E-state index contributed by atoms with van der Waals surface area (Å²) in [6, 6.07) is 6.34. The predicted octanol–water partition coefficient (Wildman–Crippen LogP) is 1.49. The molecule has 0 aliphatic carbocycles. The second kappa shape index (κ2) is 4.75. The van der Waals surface area contributed by atoms with E-state index in [0.717, 1.165) is 0 Å². The molecule has 2 amide bonds. The van der Waals surface area contributed by atoms with Crippen LogP contribution < -0.4 is 11.1 Å². The van der Waals surface area contributed by atoms with Gasteiger partial charge in [0.15, 0.2) is 0 Å². The third-order valence-electron chi connectivity index (χ3n) is 2.09. The molecule has 1 heterocycles. The van der Waals surface area contributed by atoms with E-state index < -0.39 is 5.91 Å². The van der Waals surface area contributed by atoms with Crippen LogP contribution in [0.25, 0.3) is 0 Å². The summed E-state index contributed by atoms with van der Waals surface area (Å²) < 4.78 is 0.